The topological polar surface area (TPSA) is 56.8 Å². The summed E-state index contributed by atoms with van der Waals surface area (Å²) in [4.78, 5) is 10.4. The van der Waals surface area contributed by atoms with Crippen molar-refractivity contribution in [3.8, 4) is 5.75 Å². The Hall–Kier alpha value is -2.22. The Morgan fingerprint density at radius 1 is 1.36 bits per heavy atom. The highest BCUT2D eigenvalue weighted by atomic mass is 35.5. The summed E-state index contributed by atoms with van der Waals surface area (Å²) in [5, 5.41) is 3.64. The van der Waals surface area contributed by atoms with Gasteiger partial charge in [0.25, 0.3) is 0 Å². The molecule has 0 radical (unpaired) electrons. The molecule has 0 saturated carbocycles. The highest BCUT2D eigenvalue weighted by Gasteiger charge is 2.26. The standard InChI is InChI=1S/C16H13ClFNO2S.C4H8O2/c1-20-13-4-2-3-10(15(13)18)16-11-7-9(17)5-6-12(11)19-14(22)8-21-16;1-3-6-4(2)5/h2-7,16H,8H2,1H3,(H,19,22);3H2,1-2H3/t16-;/m1./s1. The van der Waals surface area contributed by atoms with E-state index in [4.69, 9.17) is 33.3 Å². The summed E-state index contributed by atoms with van der Waals surface area (Å²) in [6.45, 7) is 3.85. The first kappa shape index (κ1) is 22.1. The molecule has 0 amide bonds. The fraction of sp³-hybridized carbons (Fsp3) is 0.300. The molecule has 0 fully saturated rings. The summed E-state index contributed by atoms with van der Waals surface area (Å²) in [5.41, 5.74) is 1.88. The van der Waals surface area contributed by atoms with Crippen LogP contribution in [0.2, 0.25) is 5.02 Å². The second-order valence-corrected chi connectivity index (χ2v) is 6.69. The number of esters is 1. The van der Waals surface area contributed by atoms with Crippen LogP contribution in [0, 0.1) is 5.82 Å². The van der Waals surface area contributed by atoms with Crippen LogP contribution >= 0.6 is 23.8 Å². The number of anilines is 1. The smallest absolute Gasteiger partial charge is 0.302 e. The van der Waals surface area contributed by atoms with Crippen molar-refractivity contribution < 1.29 is 23.4 Å². The molecule has 1 atom stereocenters. The summed E-state index contributed by atoms with van der Waals surface area (Å²) in [6.07, 6.45) is -0.614. The number of methoxy groups -OCH3 is 1. The highest BCUT2D eigenvalue weighted by molar-refractivity contribution is 7.80. The number of hydrogen-bond acceptors (Lipinski definition) is 5. The molecule has 3 rings (SSSR count). The van der Waals surface area contributed by atoms with E-state index in [1.165, 1.54) is 14.0 Å². The first-order valence-electron chi connectivity index (χ1n) is 8.54. The monoisotopic (exact) mass is 425 g/mol. The van der Waals surface area contributed by atoms with Gasteiger partial charge in [-0.3, -0.25) is 4.79 Å². The summed E-state index contributed by atoms with van der Waals surface area (Å²) in [5.74, 6) is -0.490. The second-order valence-electron chi connectivity index (χ2n) is 5.76. The number of hydrogen-bond donors (Lipinski definition) is 1. The number of carbonyl (C=O) groups is 1. The van der Waals surface area contributed by atoms with Gasteiger partial charge in [0.15, 0.2) is 11.6 Å². The number of halogens is 2. The summed E-state index contributed by atoms with van der Waals surface area (Å²) in [7, 11) is 1.43. The normalized spacial score (nSPS) is 15.3. The van der Waals surface area contributed by atoms with Crippen molar-refractivity contribution in [2.75, 3.05) is 25.6 Å². The minimum absolute atomic E-state index is 0.171. The molecular weight excluding hydrogens is 405 g/mol. The average molecular weight is 426 g/mol. The number of benzene rings is 2. The molecule has 0 aromatic heterocycles. The number of carbonyl (C=O) groups excluding carboxylic acids is 1. The van der Waals surface area contributed by atoms with Crippen molar-refractivity contribution in [1.29, 1.82) is 0 Å². The third kappa shape index (κ3) is 5.64. The van der Waals surface area contributed by atoms with Gasteiger partial charge in [-0.2, -0.15) is 0 Å². The number of nitrogens with one attached hydrogen (secondary N) is 1. The van der Waals surface area contributed by atoms with Crippen LogP contribution < -0.4 is 10.1 Å². The molecule has 150 valence electrons. The van der Waals surface area contributed by atoms with Crippen LogP contribution in [0.25, 0.3) is 0 Å². The Morgan fingerprint density at radius 3 is 2.71 bits per heavy atom. The molecule has 2 aromatic rings. The summed E-state index contributed by atoms with van der Waals surface area (Å²) in [6, 6.07) is 10.3. The van der Waals surface area contributed by atoms with Gasteiger partial charge in [0.2, 0.25) is 0 Å². The van der Waals surface area contributed by atoms with Crippen molar-refractivity contribution in [3.63, 3.8) is 0 Å². The first-order valence-corrected chi connectivity index (χ1v) is 9.32. The molecule has 5 nitrogen and oxygen atoms in total. The lowest BCUT2D eigenvalue weighted by Gasteiger charge is -2.19. The van der Waals surface area contributed by atoms with E-state index >= 15 is 0 Å². The first-order chi connectivity index (χ1) is 13.4. The van der Waals surface area contributed by atoms with Crippen LogP contribution in [-0.2, 0) is 14.3 Å². The summed E-state index contributed by atoms with van der Waals surface area (Å²) < 4.78 is 29.8. The molecule has 0 unspecified atom stereocenters. The van der Waals surface area contributed by atoms with Gasteiger partial charge in [-0.05, 0) is 31.2 Å². The molecular formula is C20H21ClFNO4S. The van der Waals surface area contributed by atoms with Gasteiger partial charge >= 0.3 is 5.97 Å². The number of thiocarbonyl (C=S) groups is 1. The number of rotatable bonds is 3. The van der Waals surface area contributed by atoms with E-state index in [1.807, 2.05) is 6.07 Å². The van der Waals surface area contributed by atoms with Gasteiger partial charge in [0.1, 0.15) is 11.1 Å². The predicted molar refractivity (Wildman–Crippen MR) is 111 cm³/mol. The van der Waals surface area contributed by atoms with Crippen LogP contribution in [0.1, 0.15) is 31.1 Å². The van der Waals surface area contributed by atoms with Gasteiger partial charge in [0.05, 0.1) is 20.3 Å². The molecule has 0 saturated heterocycles. The molecule has 28 heavy (non-hydrogen) atoms. The van der Waals surface area contributed by atoms with Crippen molar-refractivity contribution in [1.82, 2.24) is 0 Å². The van der Waals surface area contributed by atoms with E-state index in [0.29, 0.717) is 22.2 Å². The van der Waals surface area contributed by atoms with E-state index in [1.54, 1.807) is 37.3 Å². The third-order valence-electron chi connectivity index (χ3n) is 3.79. The zero-order valence-corrected chi connectivity index (χ0v) is 17.3. The molecule has 0 spiro atoms. The van der Waals surface area contributed by atoms with Crippen molar-refractivity contribution in [3.05, 3.63) is 58.4 Å². The second kappa shape index (κ2) is 10.4. The average Bonchev–Trinajstić information content (AvgIpc) is 2.81. The van der Waals surface area contributed by atoms with Crippen molar-refractivity contribution >= 4 is 40.5 Å². The maximum absolute atomic E-state index is 14.6. The summed E-state index contributed by atoms with van der Waals surface area (Å²) >= 11 is 11.3. The van der Waals surface area contributed by atoms with Gasteiger partial charge < -0.3 is 19.5 Å². The molecule has 2 aromatic carbocycles. The Bertz CT molecular complexity index is 862. The van der Waals surface area contributed by atoms with Gasteiger partial charge in [-0.1, -0.05) is 36.0 Å². The predicted octanol–water partition coefficient (Wildman–Crippen LogP) is 4.92. The van der Waals surface area contributed by atoms with Crippen molar-refractivity contribution in [2.24, 2.45) is 0 Å². The number of ether oxygens (including phenoxy) is 3. The van der Waals surface area contributed by atoms with Crippen LogP contribution in [-0.4, -0.2) is 31.3 Å². The molecule has 1 N–H and O–H groups in total. The van der Waals surface area contributed by atoms with Crippen LogP contribution in [0.15, 0.2) is 36.4 Å². The Morgan fingerprint density at radius 2 is 2.11 bits per heavy atom. The third-order valence-corrected chi connectivity index (χ3v) is 4.25. The maximum atomic E-state index is 14.6. The van der Waals surface area contributed by atoms with Crippen LogP contribution in [0.4, 0.5) is 10.1 Å². The molecule has 0 bridgehead atoms. The number of fused-ring (bicyclic) bond motifs is 1. The van der Waals surface area contributed by atoms with Gasteiger partial charge in [-0.15, -0.1) is 0 Å². The SMILES string of the molecule is CCOC(C)=O.COc1cccc([C@H]2OCC(=S)Nc3ccc(Cl)cc32)c1F. The maximum Gasteiger partial charge on any atom is 0.302 e. The van der Waals surface area contributed by atoms with Crippen LogP contribution in [0.5, 0.6) is 5.75 Å². The van der Waals surface area contributed by atoms with E-state index in [-0.39, 0.29) is 18.3 Å². The molecule has 1 aliphatic heterocycles. The van der Waals surface area contributed by atoms with Gasteiger partial charge in [0, 0.05) is 28.8 Å². The zero-order valence-electron chi connectivity index (χ0n) is 15.8. The Balaban J connectivity index is 0.000000409. The molecule has 1 heterocycles. The Kier molecular flexibility index (Phi) is 8.17. The van der Waals surface area contributed by atoms with Gasteiger partial charge in [-0.25, -0.2) is 4.39 Å². The highest BCUT2D eigenvalue weighted by Crippen LogP contribution is 2.38. The lowest BCUT2D eigenvalue weighted by atomic mass is 9.99. The fourth-order valence-electron chi connectivity index (χ4n) is 2.65. The quantitative estimate of drug-likeness (QED) is 0.556. The van der Waals surface area contributed by atoms with E-state index < -0.39 is 11.9 Å². The van der Waals surface area contributed by atoms with E-state index in [9.17, 15) is 9.18 Å². The van der Waals surface area contributed by atoms with Crippen molar-refractivity contribution in [2.45, 2.75) is 20.0 Å². The van der Waals surface area contributed by atoms with E-state index in [0.717, 1.165) is 11.3 Å². The zero-order chi connectivity index (χ0) is 20.7. The largest absolute Gasteiger partial charge is 0.494 e. The van der Waals surface area contributed by atoms with E-state index in [2.05, 4.69) is 10.1 Å². The Labute approximate surface area is 173 Å². The lowest BCUT2D eigenvalue weighted by Crippen LogP contribution is -2.13. The molecule has 8 heteroatoms. The molecule has 1 aliphatic rings. The minimum Gasteiger partial charge on any atom is -0.494 e. The van der Waals surface area contributed by atoms with Crippen LogP contribution in [0.3, 0.4) is 0 Å². The molecule has 0 aliphatic carbocycles. The fourth-order valence-corrected chi connectivity index (χ4v) is 3.01. The lowest BCUT2D eigenvalue weighted by molar-refractivity contribution is -0.140. The minimum atomic E-state index is -0.614.